The van der Waals surface area contributed by atoms with Gasteiger partial charge in [-0.25, -0.2) is 0 Å². The molecule has 1 aromatic heterocycles. The van der Waals surface area contributed by atoms with Gasteiger partial charge in [0, 0.05) is 24.1 Å². The first-order valence-corrected chi connectivity index (χ1v) is 5.06. The van der Waals surface area contributed by atoms with E-state index in [2.05, 4.69) is 17.2 Å². The van der Waals surface area contributed by atoms with E-state index in [0.29, 0.717) is 0 Å². The second kappa shape index (κ2) is 3.77. The molecule has 2 unspecified atom stereocenters. The molecule has 13 heavy (non-hydrogen) atoms. The largest absolute Gasteiger partial charge is 0.382 e. The average Bonchev–Trinajstić information content (AvgIpc) is 2.86. The van der Waals surface area contributed by atoms with Crippen molar-refractivity contribution in [2.45, 2.75) is 32.2 Å². The number of pyridine rings is 1. The van der Waals surface area contributed by atoms with Crippen LogP contribution >= 0.6 is 0 Å². The molecule has 0 radical (unpaired) electrons. The Balaban J connectivity index is 1.81. The fourth-order valence-electron chi connectivity index (χ4n) is 1.78. The number of rotatable bonds is 4. The zero-order valence-corrected chi connectivity index (χ0v) is 8.03. The summed E-state index contributed by atoms with van der Waals surface area (Å²) in [5.74, 6) is 0.915. The van der Waals surface area contributed by atoms with Crippen LogP contribution < -0.4 is 5.32 Å². The van der Waals surface area contributed by atoms with Crippen LogP contribution in [0.3, 0.4) is 0 Å². The second-order valence-electron chi connectivity index (χ2n) is 3.77. The molecule has 2 rings (SSSR count). The topological polar surface area (TPSA) is 24.9 Å². The van der Waals surface area contributed by atoms with Gasteiger partial charge in [0.1, 0.15) is 0 Å². The van der Waals surface area contributed by atoms with E-state index in [4.69, 9.17) is 0 Å². The average molecular weight is 176 g/mol. The molecule has 1 heterocycles. The predicted molar refractivity (Wildman–Crippen MR) is 54.7 cm³/mol. The number of nitrogens with zero attached hydrogens (tertiary/aromatic N) is 1. The maximum absolute atomic E-state index is 3.99. The van der Waals surface area contributed by atoms with Gasteiger partial charge in [0.05, 0.1) is 0 Å². The lowest BCUT2D eigenvalue weighted by molar-refractivity contribution is 0.693. The highest BCUT2D eigenvalue weighted by atomic mass is 15.0. The van der Waals surface area contributed by atoms with Crippen molar-refractivity contribution >= 4 is 5.69 Å². The van der Waals surface area contributed by atoms with Gasteiger partial charge >= 0.3 is 0 Å². The van der Waals surface area contributed by atoms with Gasteiger partial charge < -0.3 is 5.32 Å². The highest BCUT2D eigenvalue weighted by Gasteiger charge is 2.35. The molecule has 0 aliphatic heterocycles. The van der Waals surface area contributed by atoms with E-state index in [1.165, 1.54) is 24.9 Å². The Labute approximate surface area is 79.4 Å². The highest BCUT2D eigenvalue weighted by molar-refractivity contribution is 5.43. The first-order valence-electron chi connectivity index (χ1n) is 5.06. The molecule has 1 fully saturated rings. The summed E-state index contributed by atoms with van der Waals surface area (Å²) in [5.41, 5.74) is 1.21. The smallest absolute Gasteiger partial charge is 0.0373 e. The Morgan fingerprint density at radius 2 is 2.23 bits per heavy atom. The highest BCUT2D eigenvalue weighted by Crippen LogP contribution is 2.36. The van der Waals surface area contributed by atoms with Crippen molar-refractivity contribution in [3.63, 3.8) is 0 Å². The number of nitrogens with one attached hydrogen (secondary N) is 1. The molecule has 2 heteroatoms. The van der Waals surface area contributed by atoms with Crippen molar-refractivity contribution in [2.75, 3.05) is 5.32 Å². The minimum Gasteiger partial charge on any atom is -0.382 e. The number of hydrogen-bond donors (Lipinski definition) is 1. The molecule has 0 amide bonds. The number of anilines is 1. The number of hydrogen-bond acceptors (Lipinski definition) is 2. The van der Waals surface area contributed by atoms with Crippen LogP contribution in [0.5, 0.6) is 0 Å². The first-order chi connectivity index (χ1) is 6.40. The van der Waals surface area contributed by atoms with Crippen LogP contribution in [0, 0.1) is 5.92 Å². The molecule has 70 valence electrons. The summed E-state index contributed by atoms with van der Waals surface area (Å²) in [7, 11) is 0. The molecular formula is C11H16N2. The number of aromatic nitrogens is 1. The van der Waals surface area contributed by atoms with Crippen LogP contribution in [0.25, 0.3) is 0 Å². The van der Waals surface area contributed by atoms with E-state index >= 15 is 0 Å². The lowest BCUT2D eigenvalue weighted by Crippen LogP contribution is -2.04. The third-order valence-electron chi connectivity index (χ3n) is 2.61. The Morgan fingerprint density at radius 3 is 2.92 bits per heavy atom. The Kier molecular flexibility index (Phi) is 2.48. The Morgan fingerprint density at radius 1 is 1.46 bits per heavy atom. The van der Waals surface area contributed by atoms with Crippen molar-refractivity contribution in [1.29, 1.82) is 0 Å². The van der Waals surface area contributed by atoms with Crippen LogP contribution in [0.1, 0.15) is 26.2 Å². The SMILES string of the molecule is CCCC1CC1Nc1ccncc1. The van der Waals surface area contributed by atoms with Crippen LogP contribution in [0.2, 0.25) is 0 Å². The summed E-state index contributed by atoms with van der Waals surface area (Å²) in [6, 6.07) is 4.78. The minimum absolute atomic E-state index is 0.724. The molecule has 1 aromatic rings. The van der Waals surface area contributed by atoms with Crippen molar-refractivity contribution in [1.82, 2.24) is 4.98 Å². The third-order valence-corrected chi connectivity index (χ3v) is 2.61. The molecule has 0 spiro atoms. The summed E-state index contributed by atoms with van der Waals surface area (Å²) in [6.07, 6.45) is 7.68. The minimum atomic E-state index is 0.724. The normalized spacial score (nSPS) is 25.6. The third kappa shape index (κ3) is 2.20. The van der Waals surface area contributed by atoms with Gasteiger partial charge in [-0.2, -0.15) is 0 Å². The zero-order chi connectivity index (χ0) is 9.10. The van der Waals surface area contributed by atoms with Gasteiger partial charge in [-0.3, -0.25) is 4.98 Å². The van der Waals surface area contributed by atoms with Gasteiger partial charge in [-0.15, -0.1) is 0 Å². The van der Waals surface area contributed by atoms with Crippen LogP contribution in [0.4, 0.5) is 5.69 Å². The Bertz CT molecular complexity index is 258. The van der Waals surface area contributed by atoms with E-state index in [-0.39, 0.29) is 0 Å². The molecule has 0 aromatic carbocycles. The van der Waals surface area contributed by atoms with Crippen LogP contribution in [-0.2, 0) is 0 Å². The van der Waals surface area contributed by atoms with Gasteiger partial charge in [0.2, 0.25) is 0 Å². The lowest BCUT2D eigenvalue weighted by Gasteiger charge is -2.03. The second-order valence-corrected chi connectivity index (χ2v) is 3.77. The summed E-state index contributed by atoms with van der Waals surface area (Å²) < 4.78 is 0. The van der Waals surface area contributed by atoms with Crippen molar-refractivity contribution in [3.8, 4) is 0 Å². The summed E-state index contributed by atoms with van der Waals surface area (Å²) in [6.45, 7) is 2.25. The van der Waals surface area contributed by atoms with Gasteiger partial charge in [0.25, 0.3) is 0 Å². The molecule has 1 N–H and O–H groups in total. The fraction of sp³-hybridized carbons (Fsp3) is 0.545. The Hall–Kier alpha value is -1.05. The molecule has 1 aliphatic carbocycles. The lowest BCUT2D eigenvalue weighted by atomic mass is 10.2. The van der Waals surface area contributed by atoms with Crippen LogP contribution in [0.15, 0.2) is 24.5 Å². The van der Waals surface area contributed by atoms with E-state index in [9.17, 15) is 0 Å². The summed E-state index contributed by atoms with van der Waals surface area (Å²) in [4.78, 5) is 3.99. The molecule has 1 saturated carbocycles. The maximum atomic E-state index is 3.99. The van der Waals surface area contributed by atoms with Crippen molar-refractivity contribution < 1.29 is 0 Å². The van der Waals surface area contributed by atoms with Gasteiger partial charge in [-0.1, -0.05) is 13.3 Å². The van der Waals surface area contributed by atoms with Crippen molar-refractivity contribution in [3.05, 3.63) is 24.5 Å². The fourth-order valence-corrected chi connectivity index (χ4v) is 1.78. The van der Waals surface area contributed by atoms with E-state index in [0.717, 1.165) is 12.0 Å². The molecule has 2 nitrogen and oxygen atoms in total. The van der Waals surface area contributed by atoms with Gasteiger partial charge in [0.15, 0.2) is 0 Å². The van der Waals surface area contributed by atoms with E-state index in [1.807, 2.05) is 24.5 Å². The molecular weight excluding hydrogens is 160 g/mol. The summed E-state index contributed by atoms with van der Waals surface area (Å²) in [5, 5.41) is 3.51. The predicted octanol–water partition coefficient (Wildman–Crippen LogP) is 2.68. The van der Waals surface area contributed by atoms with Crippen molar-refractivity contribution in [2.24, 2.45) is 5.92 Å². The van der Waals surface area contributed by atoms with E-state index in [1.54, 1.807) is 0 Å². The molecule has 1 aliphatic rings. The van der Waals surface area contributed by atoms with Crippen LogP contribution in [-0.4, -0.2) is 11.0 Å². The van der Waals surface area contributed by atoms with Gasteiger partial charge in [-0.05, 0) is 30.9 Å². The zero-order valence-electron chi connectivity index (χ0n) is 8.03. The standard InChI is InChI=1S/C11H16N2/c1-2-3-9-8-11(9)13-10-4-6-12-7-5-10/h4-7,9,11H,2-3,8H2,1H3,(H,12,13). The van der Waals surface area contributed by atoms with E-state index < -0.39 is 0 Å². The molecule has 2 atom stereocenters. The monoisotopic (exact) mass is 176 g/mol. The molecule has 0 bridgehead atoms. The summed E-state index contributed by atoms with van der Waals surface area (Å²) >= 11 is 0. The quantitative estimate of drug-likeness (QED) is 0.763. The maximum Gasteiger partial charge on any atom is 0.0373 e. The molecule has 0 saturated heterocycles. The first kappa shape index (κ1) is 8.54.